The first-order valence-corrected chi connectivity index (χ1v) is 6.54. The van der Waals surface area contributed by atoms with Gasteiger partial charge in [0.05, 0.1) is 0 Å². The van der Waals surface area contributed by atoms with Crippen LogP contribution >= 0.6 is 0 Å². The Hall–Kier alpha value is -1.16. The number of aromatic nitrogens is 2. The second kappa shape index (κ2) is 5.96. The molecule has 0 amide bonds. The fraction of sp³-hybridized carbons (Fsp3) is 0.692. The molecule has 1 aliphatic heterocycles. The van der Waals surface area contributed by atoms with Crippen molar-refractivity contribution in [1.29, 1.82) is 0 Å². The number of hydrogen-bond acceptors (Lipinski definition) is 4. The minimum atomic E-state index is 0.536. The average Bonchev–Trinajstić information content (AvgIpc) is 2.38. The normalized spacial score (nSPS) is 20.9. The Morgan fingerprint density at radius 2 is 2.12 bits per heavy atom. The predicted octanol–water partition coefficient (Wildman–Crippen LogP) is 1.83. The lowest BCUT2D eigenvalue weighted by atomic mass is 10.0. The van der Waals surface area contributed by atoms with Crippen LogP contribution in [0, 0.1) is 0 Å². The minimum absolute atomic E-state index is 0.536. The Labute approximate surface area is 103 Å². The van der Waals surface area contributed by atoms with Gasteiger partial charge in [-0.1, -0.05) is 13.8 Å². The van der Waals surface area contributed by atoms with Gasteiger partial charge in [-0.25, -0.2) is 9.97 Å². The van der Waals surface area contributed by atoms with Gasteiger partial charge < -0.3 is 10.2 Å². The Morgan fingerprint density at radius 1 is 1.35 bits per heavy atom. The van der Waals surface area contributed by atoms with Crippen molar-refractivity contribution in [1.82, 2.24) is 15.3 Å². The second-order valence-corrected chi connectivity index (χ2v) is 4.95. The van der Waals surface area contributed by atoms with Crippen LogP contribution in [0.25, 0.3) is 0 Å². The van der Waals surface area contributed by atoms with E-state index in [1.807, 2.05) is 18.5 Å². The van der Waals surface area contributed by atoms with Crippen LogP contribution in [0.2, 0.25) is 0 Å². The molecule has 1 aliphatic rings. The summed E-state index contributed by atoms with van der Waals surface area (Å²) < 4.78 is 0. The largest absolute Gasteiger partial charge is 0.337 e. The van der Waals surface area contributed by atoms with Crippen molar-refractivity contribution in [2.45, 2.75) is 45.2 Å². The number of anilines is 1. The number of hydrogen-bond donors (Lipinski definition) is 1. The number of rotatable bonds is 4. The van der Waals surface area contributed by atoms with Gasteiger partial charge in [-0.05, 0) is 25.3 Å². The molecule has 1 unspecified atom stereocenters. The molecule has 1 N–H and O–H groups in total. The van der Waals surface area contributed by atoms with Crippen molar-refractivity contribution < 1.29 is 0 Å². The van der Waals surface area contributed by atoms with Gasteiger partial charge in [0.25, 0.3) is 0 Å². The highest BCUT2D eigenvalue weighted by Crippen LogP contribution is 2.20. The highest BCUT2D eigenvalue weighted by molar-refractivity contribution is 5.31. The SMILES string of the molecule is CC(C)NCC1CCCCN1c1ncccn1. The van der Waals surface area contributed by atoms with Gasteiger partial charge >= 0.3 is 0 Å². The maximum Gasteiger partial charge on any atom is 0.225 e. The molecule has 0 bridgehead atoms. The fourth-order valence-corrected chi connectivity index (χ4v) is 2.29. The van der Waals surface area contributed by atoms with Gasteiger partial charge in [0.1, 0.15) is 0 Å². The highest BCUT2D eigenvalue weighted by Gasteiger charge is 2.24. The van der Waals surface area contributed by atoms with Gasteiger partial charge in [0, 0.05) is 37.6 Å². The number of piperidine rings is 1. The van der Waals surface area contributed by atoms with E-state index in [4.69, 9.17) is 0 Å². The molecule has 1 aromatic rings. The average molecular weight is 234 g/mol. The summed E-state index contributed by atoms with van der Waals surface area (Å²) in [6.45, 7) is 6.47. The van der Waals surface area contributed by atoms with E-state index in [1.165, 1.54) is 19.3 Å². The first-order chi connectivity index (χ1) is 8.27. The lowest BCUT2D eigenvalue weighted by Gasteiger charge is -2.36. The molecule has 0 aromatic carbocycles. The Bertz CT molecular complexity index is 325. The quantitative estimate of drug-likeness (QED) is 0.863. The summed E-state index contributed by atoms with van der Waals surface area (Å²) in [7, 11) is 0. The van der Waals surface area contributed by atoms with Crippen LogP contribution in [0.5, 0.6) is 0 Å². The zero-order valence-corrected chi connectivity index (χ0v) is 10.8. The molecule has 1 aromatic heterocycles. The van der Waals surface area contributed by atoms with Gasteiger partial charge in [0.15, 0.2) is 0 Å². The van der Waals surface area contributed by atoms with Crippen LogP contribution in [-0.4, -0.2) is 35.1 Å². The van der Waals surface area contributed by atoms with Crippen molar-refractivity contribution in [3.8, 4) is 0 Å². The molecule has 0 saturated carbocycles. The molecule has 1 fully saturated rings. The lowest BCUT2D eigenvalue weighted by Crippen LogP contribution is -2.47. The number of nitrogens with zero attached hydrogens (tertiary/aromatic N) is 3. The molecule has 94 valence electrons. The van der Waals surface area contributed by atoms with E-state index in [0.29, 0.717) is 12.1 Å². The van der Waals surface area contributed by atoms with Crippen molar-refractivity contribution in [3.05, 3.63) is 18.5 Å². The predicted molar refractivity (Wildman–Crippen MR) is 70.2 cm³/mol. The molecule has 0 spiro atoms. The molecule has 0 radical (unpaired) electrons. The van der Waals surface area contributed by atoms with Crippen LogP contribution < -0.4 is 10.2 Å². The van der Waals surface area contributed by atoms with E-state index in [1.54, 1.807) is 0 Å². The summed E-state index contributed by atoms with van der Waals surface area (Å²) in [5.41, 5.74) is 0. The monoisotopic (exact) mass is 234 g/mol. The van der Waals surface area contributed by atoms with Crippen molar-refractivity contribution in [2.24, 2.45) is 0 Å². The molecule has 17 heavy (non-hydrogen) atoms. The van der Waals surface area contributed by atoms with Crippen molar-refractivity contribution in [2.75, 3.05) is 18.0 Å². The maximum absolute atomic E-state index is 4.37. The summed E-state index contributed by atoms with van der Waals surface area (Å²) in [6.07, 6.45) is 7.44. The molecule has 2 rings (SSSR count). The van der Waals surface area contributed by atoms with Gasteiger partial charge in [-0.2, -0.15) is 0 Å². The molecule has 0 aliphatic carbocycles. The van der Waals surface area contributed by atoms with Crippen molar-refractivity contribution in [3.63, 3.8) is 0 Å². The van der Waals surface area contributed by atoms with E-state index < -0.39 is 0 Å². The van der Waals surface area contributed by atoms with Crippen LogP contribution in [0.1, 0.15) is 33.1 Å². The molecule has 2 heterocycles. The summed E-state index contributed by atoms with van der Waals surface area (Å²) in [4.78, 5) is 11.1. The zero-order valence-electron chi connectivity index (χ0n) is 10.8. The molecule has 4 heteroatoms. The highest BCUT2D eigenvalue weighted by atomic mass is 15.3. The van der Waals surface area contributed by atoms with Crippen molar-refractivity contribution >= 4 is 5.95 Å². The molecule has 1 atom stereocenters. The van der Waals surface area contributed by atoms with E-state index in [-0.39, 0.29) is 0 Å². The van der Waals surface area contributed by atoms with Crippen LogP contribution in [0.3, 0.4) is 0 Å². The van der Waals surface area contributed by atoms with E-state index in [2.05, 4.69) is 34.0 Å². The van der Waals surface area contributed by atoms with Crippen LogP contribution in [0.4, 0.5) is 5.95 Å². The molecule has 1 saturated heterocycles. The molecule has 4 nitrogen and oxygen atoms in total. The van der Waals surface area contributed by atoms with E-state index >= 15 is 0 Å². The molecular formula is C13H22N4. The Balaban J connectivity index is 2.02. The smallest absolute Gasteiger partial charge is 0.225 e. The topological polar surface area (TPSA) is 41.0 Å². The van der Waals surface area contributed by atoms with E-state index in [9.17, 15) is 0 Å². The lowest BCUT2D eigenvalue weighted by molar-refractivity contribution is 0.416. The Kier molecular flexibility index (Phi) is 4.31. The summed E-state index contributed by atoms with van der Waals surface area (Å²) in [5.74, 6) is 0.878. The maximum atomic E-state index is 4.37. The third kappa shape index (κ3) is 3.40. The standard InChI is InChI=1S/C13H22N4/c1-11(2)16-10-12-6-3-4-9-17(12)13-14-7-5-8-15-13/h5,7-8,11-12,16H,3-4,6,9-10H2,1-2H3. The summed E-state index contributed by atoms with van der Waals surface area (Å²) >= 11 is 0. The summed E-state index contributed by atoms with van der Waals surface area (Å²) in [5, 5.41) is 3.52. The van der Waals surface area contributed by atoms with Gasteiger partial charge in [0.2, 0.25) is 5.95 Å². The third-order valence-corrected chi connectivity index (χ3v) is 3.20. The van der Waals surface area contributed by atoms with Crippen LogP contribution in [0.15, 0.2) is 18.5 Å². The Morgan fingerprint density at radius 3 is 2.82 bits per heavy atom. The van der Waals surface area contributed by atoms with Gasteiger partial charge in [-0.15, -0.1) is 0 Å². The van der Waals surface area contributed by atoms with Gasteiger partial charge in [-0.3, -0.25) is 0 Å². The van der Waals surface area contributed by atoms with Crippen LogP contribution in [-0.2, 0) is 0 Å². The fourth-order valence-electron chi connectivity index (χ4n) is 2.29. The third-order valence-electron chi connectivity index (χ3n) is 3.20. The summed E-state index contributed by atoms with van der Waals surface area (Å²) in [6, 6.07) is 2.94. The first-order valence-electron chi connectivity index (χ1n) is 6.54. The second-order valence-electron chi connectivity index (χ2n) is 4.95. The minimum Gasteiger partial charge on any atom is -0.337 e. The number of nitrogens with one attached hydrogen (secondary N) is 1. The zero-order chi connectivity index (χ0) is 12.1. The molecular weight excluding hydrogens is 212 g/mol. The van der Waals surface area contributed by atoms with E-state index in [0.717, 1.165) is 19.0 Å². The first kappa shape index (κ1) is 12.3.